The monoisotopic (exact) mass is 654 g/mol. The maximum Gasteiger partial charge on any atom is 0.282 e. The van der Waals surface area contributed by atoms with Crippen molar-refractivity contribution in [1.82, 2.24) is 9.66 Å². The van der Waals surface area contributed by atoms with Gasteiger partial charge in [-0.3, -0.25) is 9.59 Å². The highest BCUT2D eigenvalue weighted by molar-refractivity contribution is 9.10. The smallest absolute Gasteiger partial charge is 0.282 e. The molecule has 1 amide bonds. The zero-order valence-electron chi connectivity index (χ0n) is 22.2. The highest BCUT2D eigenvalue weighted by atomic mass is 79.9. The van der Waals surface area contributed by atoms with E-state index in [9.17, 15) is 9.59 Å². The van der Waals surface area contributed by atoms with E-state index in [4.69, 9.17) is 14.5 Å². The minimum Gasteiger partial charge on any atom is -0.493 e. The number of fused-ring (bicyclic) bond motifs is 1. The minimum atomic E-state index is -0.438. The van der Waals surface area contributed by atoms with Crippen molar-refractivity contribution in [3.8, 4) is 11.5 Å². The van der Waals surface area contributed by atoms with E-state index in [0.717, 1.165) is 10.0 Å². The molecule has 0 spiro atoms. The van der Waals surface area contributed by atoms with Crippen LogP contribution in [0, 0.1) is 6.92 Å². The van der Waals surface area contributed by atoms with E-state index < -0.39 is 5.41 Å². The molecule has 0 radical (unpaired) electrons. The summed E-state index contributed by atoms with van der Waals surface area (Å²) in [5.74, 6) is 1.00. The predicted molar refractivity (Wildman–Crippen MR) is 161 cm³/mol. The summed E-state index contributed by atoms with van der Waals surface area (Å²) in [5, 5.41) is 7.78. The molecule has 1 N–H and O–H groups in total. The van der Waals surface area contributed by atoms with E-state index >= 15 is 0 Å². The average molecular weight is 656 g/mol. The summed E-state index contributed by atoms with van der Waals surface area (Å²) in [5.41, 5.74) is 2.34. The second kappa shape index (κ2) is 11.7. The number of amides is 1. The number of ether oxygens (including phenoxy) is 2. The van der Waals surface area contributed by atoms with Gasteiger partial charge in [0.1, 0.15) is 5.82 Å². The van der Waals surface area contributed by atoms with Gasteiger partial charge in [0.25, 0.3) is 11.5 Å². The first kappa shape index (κ1) is 28.5. The summed E-state index contributed by atoms with van der Waals surface area (Å²) >= 11 is 6.93. The standard InChI is InChI=1S/C29H28Br2N4O4/c1-17-6-9-20(10-7-17)33-25(36)16-39-26-22(31)12-18(13-24(26)38-5)15-32-35-27(37)21-14-19(30)8-11-23(21)34-28(35)29(2,3)4/h6-15H,16H2,1-5H3,(H,33,36). The van der Waals surface area contributed by atoms with E-state index in [-0.39, 0.29) is 18.1 Å². The Balaban J connectivity index is 1.61. The Hall–Kier alpha value is -3.50. The third-order valence-corrected chi connectivity index (χ3v) is 6.82. The van der Waals surface area contributed by atoms with E-state index in [2.05, 4.69) is 42.3 Å². The maximum atomic E-state index is 13.4. The van der Waals surface area contributed by atoms with Crippen molar-refractivity contribution in [1.29, 1.82) is 0 Å². The predicted octanol–water partition coefficient (Wildman–Crippen LogP) is 6.44. The summed E-state index contributed by atoms with van der Waals surface area (Å²) in [6.07, 6.45) is 1.56. The Kier molecular flexibility index (Phi) is 8.56. The Labute approximate surface area is 243 Å². The van der Waals surface area contributed by atoms with Gasteiger partial charge >= 0.3 is 0 Å². The van der Waals surface area contributed by atoms with E-state index in [1.165, 1.54) is 11.8 Å². The molecule has 10 heteroatoms. The van der Waals surface area contributed by atoms with Crippen LogP contribution in [0.5, 0.6) is 11.5 Å². The van der Waals surface area contributed by atoms with Crippen molar-refractivity contribution >= 4 is 60.6 Å². The molecule has 0 aliphatic rings. The molecular formula is C29H28Br2N4O4. The zero-order valence-corrected chi connectivity index (χ0v) is 25.4. The molecule has 4 rings (SSSR count). The van der Waals surface area contributed by atoms with Gasteiger partial charge in [-0.15, -0.1) is 0 Å². The number of nitrogens with zero attached hydrogens (tertiary/aromatic N) is 3. The second-order valence-corrected chi connectivity index (χ2v) is 11.7. The van der Waals surface area contributed by atoms with Crippen LogP contribution >= 0.6 is 31.9 Å². The maximum absolute atomic E-state index is 13.4. The molecule has 8 nitrogen and oxygen atoms in total. The number of carbonyl (C=O) groups excluding carboxylic acids is 1. The van der Waals surface area contributed by atoms with Gasteiger partial charge in [-0.2, -0.15) is 9.78 Å². The zero-order chi connectivity index (χ0) is 28.3. The number of hydrogen-bond donors (Lipinski definition) is 1. The molecule has 0 fully saturated rings. The lowest BCUT2D eigenvalue weighted by Gasteiger charge is -2.21. The van der Waals surface area contributed by atoms with Gasteiger partial charge in [0.05, 0.1) is 28.7 Å². The van der Waals surface area contributed by atoms with Gasteiger partial charge in [0.15, 0.2) is 18.1 Å². The van der Waals surface area contributed by atoms with Gasteiger partial charge in [0, 0.05) is 15.6 Å². The van der Waals surface area contributed by atoms with Gasteiger partial charge < -0.3 is 14.8 Å². The van der Waals surface area contributed by atoms with Crippen LogP contribution in [0.3, 0.4) is 0 Å². The molecule has 0 aliphatic heterocycles. The number of benzene rings is 3. The SMILES string of the molecule is COc1cc(C=Nn2c(C(C)(C)C)nc3ccc(Br)cc3c2=O)cc(Br)c1OCC(=O)Nc1ccc(C)cc1. The molecule has 39 heavy (non-hydrogen) atoms. The third-order valence-electron chi connectivity index (χ3n) is 5.74. The van der Waals surface area contributed by atoms with E-state index in [1.807, 2.05) is 64.1 Å². The largest absolute Gasteiger partial charge is 0.493 e. The van der Waals surface area contributed by atoms with Crippen molar-refractivity contribution < 1.29 is 14.3 Å². The van der Waals surface area contributed by atoms with Crippen LogP contribution in [0.1, 0.15) is 37.7 Å². The van der Waals surface area contributed by atoms with E-state index in [0.29, 0.717) is 43.9 Å². The number of carbonyl (C=O) groups is 1. The van der Waals surface area contributed by atoms with Crippen LogP contribution in [0.4, 0.5) is 5.69 Å². The fourth-order valence-corrected chi connectivity index (χ4v) is 4.73. The van der Waals surface area contributed by atoms with Crippen molar-refractivity contribution in [2.45, 2.75) is 33.1 Å². The molecule has 0 aliphatic carbocycles. The molecule has 0 atom stereocenters. The van der Waals surface area contributed by atoms with Crippen LogP contribution in [-0.4, -0.2) is 35.5 Å². The molecule has 4 aromatic rings. The van der Waals surface area contributed by atoms with Gasteiger partial charge in [0.2, 0.25) is 0 Å². The highest BCUT2D eigenvalue weighted by Crippen LogP contribution is 2.36. The Bertz CT molecular complexity index is 1620. The fourth-order valence-electron chi connectivity index (χ4n) is 3.79. The molecule has 1 aromatic heterocycles. The Morgan fingerprint density at radius 1 is 1.10 bits per heavy atom. The van der Waals surface area contributed by atoms with Crippen molar-refractivity contribution in [3.05, 3.63) is 90.8 Å². The van der Waals surface area contributed by atoms with Gasteiger partial charge in [-0.05, 0) is 70.9 Å². The molecule has 0 saturated heterocycles. The van der Waals surface area contributed by atoms with E-state index in [1.54, 1.807) is 24.4 Å². The third kappa shape index (κ3) is 6.75. The summed E-state index contributed by atoms with van der Waals surface area (Å²) in [6.45, 7) is 7.70. The second-order valence-electron chi connectivity index (χ2n) is 9.95. The summed E-state index contributed by atoms with van der Waals surface area (Å²) in [6, 6.07) is 16.4. The lowest BCUT2D eigenvalue weighted by Crippen LogP contribution is -2.29. The van der Waals surface area contributed by atoms with Crippen LogP contribution in [0.25, 0.3) is 10.9 Å². The minimum absolute atomic E-state index is 0.209. The normalized spacial score (nSPS) is 11.7. The quantitative estimate of drug-likeness (QED) is 0.231. The van der Waals surface area contributed by atoms with Crippen molar-refractivity contribution in [3.63, 3.8) is 0 Å². The van der Waals surface area contributed by atoms with Gasteiger partial charge in [-0.25, -0.2) is 4.98 Å². The molecule has 0 bridgehead atoms. The molecule has 0 saturated carbocycles. The van der Waals surface area contributed by atoms with Crippen LogP contribution in [0.2, 0.25) is 0 Å². The Morgan fingerprint density at radius 2 is 1.82 bits per heavy atom. The Morgan fingerprint density at radius 3 is 2.49 bits per heavy atom. The summed E-state index contributed by atoms with van der Waals surface area (Å²) in [4.78, 5) is 30.6. The lowest BCUT2D eigenvalue weighted by molar-refractivity contribution is -0.118. The summed E-state index contributed by atoms with van der Waals surface area (Å²) < 4.78 is 14.0. The molecule has 1 heterocycles. The molecular weight excluding hydrogens is 628 g/mol. The molecule has 0 unspecified atom stereocenters. The van der Waals surface area contributed by atoms with Gasteiger partial charge in [-0.1, -0.05) is 54.4 Å². The number of aromatic nitrogens is 2. The number of nitrogens with one attached hydrogen (secondary N) is 1. The fraction of sp³-hybridized carbons (Fsp3) is 0.241. The number of halogens is 2. The van der Waals surface area contributed by atoms with Crippen LogP contribution < -0.4 is 20.3 Å². The number of rotatable bonds is 7. The highest BCUT2D eigenvalue weighted by Gasteiger charge is 2.23. The first-order valence-electron chi connectivity index (χ1n) is 12.1. The molecule has 202 valence electrons. The topological polar surface area (TPSA) is 94.8 Å². The van der Waals surface area contributed by atoms with Crippen molar-refractivity contribution in [2.75, 3.05) is 19.0 Å². The first-order valence-corrected chi connectivity index (χ1v) is 13.7. The average Bonchev–Trinajstić information content (AvgIpc) is 2.88. The first-order chi connectivity index (χ1) is 18.5. The van der Waals surface area contributed by atoms with Crippen LogP contribution in [0.15, 0.2) is 73.4 Å². The number of methoxy groups -OCH3 is 1. The summed E-state index contributed by atoms with van der Waals surface area (Å²) in [7, 11) is 1.51. The number of anilines is 1. The number of aryl methyl sites for hydroxylation is 1. The van der Waals surface area contributed by atoms with Crippen LogP contribution in [-0.2, 0) is 10.2 Å². The number of hydrogen-bond acceptors (Lipinski definition) is 6. The molecule has 3 aromatic carbocycles. The van der Waals surface area contributed by atoms with Crippen molar-refractivity contribution in [2.24, 2.45) is 5.10 Å². The lowest BCUT2D eigenvalue weighted by atomic mass is 9.95.